The lowest BCUT2D eigenvalue weighted by Crippen LogP contribution is -2.50. The second-order valence-corrected chi connectivity index (χ2v) is 8.30. The van der Waals surface area contributed by atoms with Crippen LogP contribution in [0.3, 0.4) is 0 Å². The number of methoxy groups -OCH3 is 2. The Bertz CT molecular complexity index is 1050. The summed E-state index contributed by atoms with van der Waals surface area (Å²) in [6.07, 6.45) is 0.746. The number of carbonyl (C=O) groups is 2. The first kappa shape index (κ1) is 23.6. The van der Waals surface area contributed by atoms with Gasteiger partial charge in [-0.2, -0.15) is 0 Å². The van der Waals surface area contributed by atoms with Crippen LogP contribution < -0.4 is 19.7 Å². The van der Waals surface area contributed by atoms with E-state index >= 15 is 0 Å². The number of hydrogen-bond donors (Lipinski definition) is 2. The smallest absolute Gasteiger partial charge is 0.329 e. The lowest BCUT2D eigenvalue weighted by Gasteiger charge is -2.37. The Labute approximate surface area is 199 Å². The molecule has 0 saturated carbocycles. The van der Waals surface area contributed by atoms with Crippen LogP contribution in [0.5, 0.6) is 11.5 Å². The van der Waals surface area contributed by atoms with Gasteiger partial charge in [0.2, 0.25) is 0 Å². The van der Waals surface area contributed by atoms with E-state index in [2.05, 4.69) is 27.2 Å². The van der Waals surface area contributed by atoms with Gasteiger partial charge >= 0.3 is 6.03 Å². The van der Waals surface area contributed by atoms with Crippen LogP contribution in [0.1, 0.15) is 5.56 Å². The van der Waals surface area contributed by atoms with Crippen molar-refractivity contribution in [2.75, 3.05) is 58.4 Å². The predicted octanol–water partition coefficient (Wildman–Crippen LogP) is 1.78. The highest BCUT2D eigenvalue weighted by Crippen LogP contribution is 2.28. The molecule has 0 radical (unpaired) electrons. The summed E-state index contributed by atoms with van der Waals surface area (Å²) in [5.41, 5.74) is 2.02. The number of urea groups is 1. The summed E-state index contributed by atoms with van der Waals surface area (Å²) in [7, 11) is 3.07. The number of β-amino-alcohol motifs (C(OH)–C–C–N with tert-alkyl or cyclic N) is 1. The van der Waals surface area contributed by atoms with Gasteiger partial charge in [-0.3, -0.25) is 14.6 Å². The van der Waals surface area contributed by atoms with Crippen LogP contribution in [0.4, 0.5) is 10.5 Å². The molecular weight excluding hydrogens is 436 g/mol. The van der Waals surface area contributed by atoms with E-state index < -0.39 is 18.0 Å². The van der Waals surface area contributed by atoms with Gasteiger partial charge in [0.05, 0.1) is 26.9 Å². The number of ether oxygens (including phenoxy) is 2. The van der Waals surface area contributed by atoms with Gasteiger partial charge in [-0.05, 0) is 35.9 Å². The largest absolute Gasteiger partial charge is 0.493 e. The van der Waals surface area contributed by atoms with Gasteiger partial charge in [-0.15, -0.1) is 0 Å². The summed E-state index contributed by atoms with van der Waals surface area (Å²) in [4.78, 5) is 30.7. The number of piperazine rings is 1. The molecule has 2 fully saturated rings. The van der Waals surface area contributed by atoms with Gasteiger partial charge in [0.15, 0.2) is 11.5 Å². The van der Waals surface area contributed by atoms with Crippen molar-refractivity contribution in [2.45, 2.75) is 6.10 Å². The minimum Gasteiger partial charge on any atom is -0.493 e. The minimum atomic E-state index is -0.835. The SMILES string of the molecule is COc1ccc(C=C2NC(=O)N(CC(O)CN3CCN(c4ccccc4)CC3)C2=O)cc1OC. The molecule has 2 aliphatic heterocycles. The van der Waals surface area contributed by atoms with Crippen molar-refractivity contribution in [1.29, 1.82) is 0 Å². The fourth-order valence-corrected chi connectivity index (χ4v) is 4.24. The van der Waals surface area contributed by atoms with E-state index in [-0.39, 0.29) is 12.2 Å². The highest BCUT2D eigenvalue weighted by molar-refractivity contribution is 6.14. The Morgan fingerprint density at radius 3 is 2.35 bits per heavy atom. The number of aliphatic hydroxyl groups is 1. The normalized spacial score (nSPS) is 18.9. The van der Waals surface area contributed by atoms with Crippen molar-refractivity contribution >= 4 is 23.7 Å². The summed E-state index contributed by atoms with van der Waals surface area (Å²) < 4.78 is 10.5. The number of nitrogens with zero attached hydrogens (tertiary/aromatic N) is 3. The standard InChI is InChI=1S/C25H30N4O5/c1-33-22-9-8-18(15-23(22)34-2)14-21-24(31)29(25(32)26-21)17-20(30)16-27-10-12-28(13-11-27)19-6-4-3-5-7-19/h3-9,14-15,20,30H,10-13,16-17H2,1-2H3,(H,26,32). The third-order valence-corrected chi connectivity index (χ3v) is 6.04. The van der Waals surface area contributed by atoms with Crippen LogP contribution in [0.15, 0.2) is 54.2 Å². The van der Waals surface area contributed by atoms with Crippen LogP contribution in [0, 0.1) is 0 Å². The first-order valence-corrected chi connectivity index (χ1v) is 11.3. The van der Waals surface area contributed by atoms with E-state index in [1.54, 1.807) is 31.4 Å². The Morgan fingerprint density at radius 1 is 0.971 bits per heavy atom. The zero-order chi connectivity index (χ0) is 24.1. The van der Waals surface area contributed by atoms with Crippen molar-refractivity contribution in [3.8, 4) is 11.5 Å². The van der Waals surface area contributed by atoms with Crippen molar-refractivity contribution in [1.82, 2.24) is 15.1 Å². The van der Waals surface area contributed by atoms with E-state index in [4.69, 9.17) is 9.47 Å². The average molecular weight is 467 g/mol. The van der Waals surface area contributed by atoms with Gasteiger partial charge in [0.1, 0.15) is 5.70 Å². The fourth-order valence-electron chi connectivity index (χ4n) is 4.24. The number of anilines is 1. The van der Waals surface area contributed by atoms with Gasteiger partial charge < -0.3 is 24.8 Å². The summed E-state index contributed by atoms with van der Waals surface area (Å²) in [6, 6.07) is 14.9. The van der Waals surface area contributed by atoms with Crippen LogP contribution in [-0.2, 0) is 4.79 Å². The Hall–Kier alpha value is -3.56. The molecule has 180 valence electrons. The Kier molecular flexibility index (Phi) is 7.34. The summed E-state index contributed by atoms with van der Waals surface area (Å²) in [5, 5.41) is 13.2. The van der Waals surface area contributed by atoms with Crippen LogP contribution in [0.2, 0.25) is 0 Å². The van der Waals surface area contributed by atoms with E-state index in [0.29, 0.717) is 23.6 Å². The topological polar surface area (TPSA) is 94.6 Å². The highest BCUT2D eigenvalue weighted by atomic mass is 16.5. The van der Waals surface area contributed by atoms with Gasteiger partial charge in [-0.1, -0.05) is 24.3 Å². The number of aliphatic hydroxyl groups excluding tert-OH is 1. The number of hydrogen-bond acceptors (Lipinski definition) is 7. The number of benzene rings is 2. The number of imide groups is 1. The second-order valence-electron chi connectivity index (χ2n) is 8.30. The van der Waals surface area contributed by atoms with Crippen LogP contribution >= 0.6 is 0 Å². The fraction of sp³-hybridized carbons (Fsp3) is 0.360. The van der Waals surface area contributed by atoms with E-state index in [0.717, 1.165) is 31.1 Å². The molecule has 9 nitrogen and oxygen atoms in total. The molecule has 2 aromatic carbocycles. The quantitative estimate of drug-likeness (QED) is 0.452. The lowest BCUT2D eigenvalue weighted by atomic mass is 10.1. The van der Waals surface area contributed by atoms with Gasteiger partial charge in [0, 0.05) is 38.4 Å². The predicted molar refractivity (Wildman–Crippen MR) is 129 cm³/mol. The molecule has 4 rings (SSSR count). The molecule has 2 aliphatic rings. The molecule has 2 saturated heterocycles. The van der Waals surface area contributed by atoms with Crippen molar-refractivity contribution in [2.24, 2.45) is 0 Å². The van der Waals surface area contributed by atoms with E-state index in [9.17, 15) is 14.7 Å². The third-order valence-electron chi connectivity index (χ3n) is 6.04. The molecule has 3 amide bonds. The average Bonchev–Trinajstić information content (AvgIpc) is 3.12. The molecule has 34 heavy (non-hydrogen) atoms. The van der Waals surface area contributed by atoms with Crippen LogP contribution in [0.25, 0.3) is 6.08 Å². The molecule has 2 N–H and O–H groups in total. The molecule has 2 aromatic rings. The maximum Gasteiger partial charge on any atom is 0.329 e. The Morgan fingerprint density at radius 2 is 1.68 bits per heavy atom. The molecule has 2 heterocycles. The zero-order valence-corrected chi connectivity index (χ0v) is 19.4. The first-order valence-electron chi connectivity index (χ1n) is 11.3. The number of rotatable bonds is 8. The van der Waals surface area contributed by atoms with E-state index in [1.807, 2.05) is 18.2 Å². The molecule has 1 unspecified atom stereocenters. The van der Waals surface area contributed by atoms with Gasteiger partial charge in [-0.25, -0.2) is 4.79 Å². The molecule has 0 aliphatic carbocycles. The van der Waals surface area contributed by atoms with Crippen molar-refractivity contribution in [3.05, 3.63) is 59.8 Å². The number of amides is 3. The highest BCUT2D eigenvalue weighted by Gasteiger charge is 2.35. The van der Waals surface area contributed by atoms with Gasteiger partial charge in [0.25, 0.3) is 5.91 Å². The summed E-state index contributed by atoms with van der Waals surface area (Å²) in [6.45, 7) is 3.66. The molecule has 1 atom stereocenters. The first-order chi connectivity index (χ1) is 16.5. The Balaban J connectivity index is 1.32. The molecule has 0 spiro atoms. The molecule has 9 heteroatoms. The number of para-hydroxylation sites is 1. The molecule has 0 bridgehead atoms. The number of nitrogens with one attached hydrogen (secondary N) is 1. The maximum absolute atomic E-state index is 12.8. The van der Waals surface area contributed by atoms with Crippen molar-refractivity contribution < 1.29 is 24.2 Å². The molecule has 0 aromatic heterocycles. The van der Waals surface area contributed by atoms with Crippen LogP contribution in [-0.4, -0.2) is 86.4 Å². The summed E-state index contributed by atoms with van der Waals surface area (Å²) >= 11 is 0. The minimum absolute atomic E-state index is 0.0627. The maximum atomic E-state index is 12.8. The van der Waals surface area contributed by atoms with Crippen molar-refractivity contribution in [3.63, 3.8) is 0 Å². The second kappa shape index (κ2) is 10.6. The van der Waals surface area contributed by atoms with E-state index in [1.165, 1.54) is 12.8 Å². The lowest BCUT2D eigenvalue weighted by molar-refractivity contribution is -0.124. The monoisotopic (exact) mass is 466 g/mol. The summed E-state index contributed by atoms with van der Waals surface area (Å²) in [5.74, 6) is 0.627. The zero-order valence-electron chi connectivity index (χ0n) is 19.4. The molecular formula is C25H30N4O5. The third kappa shape index (κ3) is 5.32. The number of carbonyl (C=O) groups excluding carboxylic acids is 2.